The van der Waals surface area contributed by atoms with Crippen LogP contribution in [0.1, 0.15) is 25.5 Å². The SMILES string of the molecule is CCCC(NCc1ccco1)C(=O)NN. The zero-order valence-corrected chi connectivity index (χ0v) is 8.82. The van der Waals surface area contributed by atoms with Gasteiger partial charge in [-0.15, -0.1) is 0 Å². The molecule has 1 aromatic heterocycles. The lowest BCUT2D eigenvalue weighted by atomic mass is 10.1. The van der Waals surface area contributed by atoms with Crippen molar-refractivity contribution in [3.8, 4) is 0 Å². The first-order valence-corrected chi connectivity index (χ1v) is 5.04. The van der Waals surface area contributed by atoms with Gasteiger partial charge >= 0.3 is 0 Å². The molecule has 1 aromatic rings. The highest BCUT2D eigenvalue weighted by molar-refractivity contribution is 5.81. The van der Waals surface area contributed by atoms with Gasteiger partial charge in [0.15, 0.2) is 0 Å². The molecule has 1 amide bonds. The molecule has 0 bridgehead atoms. The molecule has 0 fully saturated rings. The largest absolute Gasteiger partial charge is 0.468 e. The molecule has 84 valence electrons. The van der Waals surface area contributed by atoms with E-state index in [1.165, 1.54) is 0 Å². The van der Waals surface area contributed by atoms with E-state index in [0.29, 0.717) is 6.54 Å². The van der Waals surface area contributed by atoms with Crippen molar-refractivity contribution in [3.63, 3.8) is 0 Å². The van der Waals surface area contributed by atoms with Gasteiger partial charge in [-0.25, -0.2) is 5.84 Å². The zero-order valence-electron chi connectivity index (χ0n) is 8.82. The smallest absolute Gasteiger partial charge is 0.251 e. The Bertz CT molecular complexity index is 285. The lowest BCUT2D eigenvalue weighted by Crippen LogP contribution is -2.46. The molecule has 0 aliphatic carbocycles. The van der Waals surface area contributed by atoms with Crippen LogP contribution < -0.4 is 16.6 Å². The van der Waals surface area contributed by atoms with E-state index in [2.05, 4.69) is 10.7 Å². The molecular weight excluding hydrogens is 194 g/mol. The summed E-state index contributed by atoms with van der Waals surface area (Å²) in [6.07, 6.45) is 3.28. The maximum absolute atomic E-state index is 11.3. The topological polar surface area (TPSA) is 80.3 Å². The average molecular weight is 211 g/mol. The Morgan fingerprint density at radius 2 is 2.47 bits per heavy atom. The number of nitrogens with one attached hydrogen (secondary N) is 2. The normalized spacial score (nSPS) is 12.4. The number of nitrogens with two attached hydrogens (primary N) is 1. The number of hydrogen-bond acceptors (Lipinski definition) is 4. The molecule has 0 saturated heterocycles. The molecule has 1 heterocycles. The monoisotopic (exact) mass is 211 g/mol. The van der Waals surface area contributed by atoms with Gasteiger partial charge in [-0.05, 0) is 18.6 Å². The molecule has 1 atom stereocenters. The second kappa shape index (κ2) is 6.21. The van der Waals surface area contributed by atoms with Crippen LogP contribution in [-0.4, -0.2) is 11.9 Å². The molecule has 4 N–H and O–H groups in total. The quantitative estimate of drug-likeness (QED) is 0.364. The molecule has 1 rings (SSSR count). The molecule has 0 aliphatic rings. The highest BCUT2D eigenvalue weighted by Crippen LogP contribution is 2.02. The van der Waals surface area contributed by atoms with Crippen LogP contribution in [-0.2, 0) is 11.3 Å². The summed E-state index contributed by atoms with van der Waals surface area (Å²) in [7, 11) is 0. The number of hydrogen-bond donors (Lipinski definition) is 3. The standard InChI is InChI=1S/C10H17N3O2/c1-2-4-9(10(14)13-11)12-7-8-5-3-6-15-8/h3,5-6,9,12H,2,4,7,11H2,1H3,(H,13,14). The van der Waals surface area contributed by atoms with E-state index in [1.54, 1.807) is 6.26 Å². The van der Waals surface area contributed by atoms with Crippen LogP contribution in [0.3, 0.4) is 0 Å². The van der Waals surface area contributed by atoms with Crippen LogP contribution in [0.15, 0.2) is 22.8 Å². The molecule has 0 aromatic carbocycles. The van der Waals surface area contributed by atoms with Crippen molar-refractivity contribution in [2.45, 2.75) is 32.4 Å². The summed E-state index contributed by atoms with van der Waals surface area (Å²) in [5.74, 6) is 5.70. The van der Waals surface area contributed by atoms with Crippen molar-refractivity contribution >= 4 is 5.91 Å². The van der Waals surface area contributed by atoms with Crippen molar-refractivity contribution < 1.29 is 9.21 Å². The summed E-state index contributed by atoms with van der Waals surface area (Å²) in [5, 5.41) is 3.09. The fraction of sp³-hybridized carbons (Fsp3) is 0.500. The molecule has 0 radical (unpaired) electrons. The lowest BCUT2D eigenvalue weighted by Gasteiger charge is -2.15. The first-order valence-electron chi connectivity index (χ1n) is 5.04. The first-order chi connectivity index (χ1) is 7.27. The summed E-state index contributed by atoms with van der Waals surface area (Å²) in [5.41, 5.74) is 2.15. The summed E-state index contributed by atoms with van der Waals surface area (Å²) in [4.78, 5) is 11.3. The van der Waals surface area contributed by atoms with Gasteiger partial charge in [0.1, 0.15) is 5.76 Å². The van der Waals surface area contributed by atoms with E-state index in [9.17, 15) is 4.79 Å². The third-order valence-corrected chi connectivity index (χ3v) is 2.14. The van der Waals surface area contributed by atoms with Crippen molar-refractivity contribution in [1.82, 2.24) is 10.7 Å². The summed E-state index contributed by atoms with van der Waals surface area (Å²) >= 11 is 0. The maximum atomic E-state index is 11.3. The number of carbonyl (C=O) groups excluding carboxylic acids is 1. The van der Waals surface area contributed by atoms with Crippen molar-refractivity contribution in [2.75, 3.05) is 0 Å². The van der Waals surface area contributed by atoms with Crippen molar-refractivity contribution in [3.05, 3.63) is 24.2 Å². The summed E-state index contributed by atoms with van der Waals surface area (Å²) in [6.45, 7) is 2.55. The van der Waals surface area contributed by atoms with Crippen LogP contribution in [0, 0.1) is 0 Å². The van der Waals surface area contributed by atoms with Crippen LogP contribution >= 0.6 is 0 Å². The van der Waals surface area contributed by atoms with Gasteiger partial charge in [-0.3, -0.25) is 15.5 Å². The van der Waals surface area contributed by atoms with E-state index in [0.717, 1.165) is 18.6 Å². The minimum atomic E-state index is -0.259. The molecule has 5 heteroatoms. The predicted octanol–water partition coefficient (Wildman–Crippen LogP) is 0.528. The second-order valence-corrected chi connectivity index (χ2v) is 3.31. The first kappa shape index (κ1) is 11.7. The molecule has 15 heavy (non-hydrogen) atoms. The zero-order chi connectivity index (χ0) is 11.1. The third kappa shape index (κ3) is 3.73. The molecular formula is C10H17N3O2. The number of amides is 1. The van der Waals surface area contributed by atoms with Crippen LogP contribution in [0.4, 0.5) is 0 Å². The van der Waals surface area contributed by atoms with Gasteiger partial charge in [0.25, 0.3) is 5.91 Å². The number of rotatable bonds is 6. The van der Waals surface area contributed by atoms with E-state index in [4.69, 9.17) is 10.3 Å². The third-order valence-electron chi connectivity index (χ3n) is 2.14. The van der Waals surface area contributed by atoms with Crippen LogP contribution in [0.25, 0.3) is 0 Å². The Morgan fingerprint density at radius 1 is 1.67 bits per heavy atom. The van der Waals surface area contributed by atoms with Gasteiger partial charge in [-0.2, -0.15) is 0 Å². The van der Waals surface area contributed by atoms with Gasteiger partial charge in [0, 0.05) is 0 Å². The van der Waals surface area contributed by atoms with E-state index in [1.807, 2.05) is 19.1 Å². The van der Waals surface area contributed by atoms with Gasteiger partial charge < -0.3 is 4.42 Å². The molecule has 5 nitrogen and oxygen atoms in total. The fourth-order valence-electron chi connectivity index (χ4n) is 1.35. The average Bonchev–Trinajstić information content (AvgIpc) is 2.76. The minimum Gasteiger partial charge on any atom is -0.468 e. The highest BCUT2D eigenvalue weighted by atomic mass is 16.3. The number of furan rings is 1. The van der Waals surface area contributed by atoms with E-state index in [-0.39, 0.29) is 11.9 Å². The number of carbonyl (C=O) groups is 1. The predicted molar refractivity (Wildman–Crippen MR) is 56.6 cm³/mol. The van der Waals surface area contributed by atoms with Gasteiger partial charge in [0.05, 0.1) is 18.8 Å². The Labute approximate surface area is 89.0 Å². The minimum absolute atomic E-state index is 0.191. The summed E-state index contributed by atoms with van der Waals surface area (Å²) < 4.78 is 5.15. The second-order valence-electron chi connectivity index (χ2n) is 3.31. The molecule has 0 aliphatic heterocycles. The van der Waals surface area contributed by atoms with Crippen molar-refractivity contribution in [2.24, 2.45) is 5.84 Å². The Morgan fingerprint density at radius 3 is 3.00 bits per heavy atom. The van der Waals surface area contributed by atoms with Crippen LogP contribution in [0.5, 0.6) is 0 Å². The number of hydrazine groups is 1. The maximum Gasteiger partial charge on any atom is 0.251 e. The van der Waals surface area contributed by atoms with Crippen LogP contribution in [0.2, 0.25) is 0 Å². The summed E-state index contributed by atoms with van der Waals surface area (Å²) in [6, 6.07) is 3.41. The van der Waals surface area contributed by atoms with E-state index >= 15 is 0 Å². The van der Waals surface area contributed by atoms with Crippen molar-refractivity contribution in [1.29, 1.82) is 0 Å². The van der Waals surface area contributed by atoms with Gasteiger partial charge in [-0.1, -0.05) is 13.3 Å². The molecule has 0 saturated carbocycles. The van der Waals surface area contributed by atoms with E-state index < -0.39 is 0 Å². The Kier molecular flexibility index (Phi) is 4.86. The Balaban J connectivity index is 2.41. The highest BCUT2D eigenvalue weighted by Gasteiger charge is 2.15. The molecule has 0 spiro atoms. The lowest BCUT2D eigenvalue weighted by molar-refractivity contribution is -0.123. The van der Waals surface area contributed by atoms with Gasteiger partial charge in [0.2, 0.25) is 0 Å². The molecule has 1 unspecified atom stereocenters. The Hall–Kier alpha value is -1.33. The fourth-order valence-corrected chi connectivity index (χ4v) is 1.35.